The number of carbonyl (C=O) groups is 2. The number of benzene rings is 3. The van der Waals surface area contributed by atoms with E-state index in [2.05, 4.69) is 5.32 Å². The van der Waals surface area contributed by atoms with Gasteiger partial charge in [-0.05, 0) is 47.7 Å². The first-order valence-electron chi connectivity index (χ1n) is 11.1. The molecule has 34 heavy (non-hydrogen) atoms. The molecule has 0 aliphatic rings. The number of halogens is 1. The van der Waals surface area contributed by atoms with Crippen molar-refractivity contribution >= 4 is 23.5 Å². The zero-order valence-corrected chi connectivity index (χ0v) is 19.8. The molecule has 0 bridgehead atoms. The minimum atomic E-state index is -0.827. The molecule has 0 aliphatic heterocycles. The lowest BCUT2D eigenvalue weighted by molar-refractivity contribution is -0.148. The van der Waals surface area contributed by atoms with Crippen molar-refractivity contribution in [1.82, 2.24) is 5.32 Å². The predicted molar refractivity (Wildman–Crippen MR) is 133 cm³/mol. The van der Waals surface area contributed by atoms with Crippen LogP contribution in [0, 0.1) is 0 Å². The number of hydrogen-bond acceptors (Lipinski definition) is 5. The Hall–Kier alpha value is -3.19. The summed E-state index contributed by atoms with van der Waals surface area (Å²) in [6.45, 7) is 2.34. The van der Waals surface area contributed by atoms with Gasteiger partial charge >= 0.3 is 5.97 Å². The van der Waals surface area contributed by atoms with E-state index in [1.807, 2.05) is 78.9 Å². The molecule has 0 radical (unpaired) electrons. The Bertz CT molecular complexity index is 1070. The molecule has 0 unspecified atom stereocenters. The third-order valence-corrected chi connectivity index (χ3v) is 5.50. The first-order valence-corrected chi connectivity index (χ1v) is 11.5. The van der Waals surface area contributed by atoms with E-state index in [1.165, 1.54) is 0 Å². The largest absolute Gasteiger partial charge is 0.465 e. The molecule has 1 amide bonds. The van der Waals surface area contributed by atoms with Gasteiger partial charge in [-0.2, -0.15) is 0 Å². The molecule has 3 N–H and O–H groups in total. The summed E-state index contributed by atoms with van der Waals surface area (Å²) in [6.07, 6.45) is 0.319. The maximum atomic E-state index is 12.5. The number of primary amides is 1. The number of amides is 1. The molecule has 3 aromatic rings. The Morgan fingerprint density at radius 3 is 2.29 bits per heavy atom. The van der Waals surface area contributed by atoms with Gasteiger partial charge in [0.2, 0.25) is 5.91 Å². The average Bonchev–Trinajstić information content (AvgIpc) is 2.84. The fraction of sp³-hybridized carbons (Fsp3) is 0.259. The quantitative estimate of drug-likeness (QED) is 0.380. The first-order chi connectivity index (χ1) is 16.5. The van der Waals surface area contributed by atoms with Crippen molar-refractivity contribution in [3.05, 3.63) is 95.0 Å². The number of rotatable bonds is 12. The van der Waals surface area contributed by atoms with Crippen LogP contribution in [0.25, 0.3) is 11.1 Å². The molecule has 3 aromatic carbocycles. The van der Waals surface area contributed by atoms with Crippen LogP contribution in [0.1, 0.15) is 18.1 Å². The van der Waals surface area contributed by atoms with Crippen molar-refractivity contribution in [3.63, 3.8) is 0 Å². The maximum Gasteiger partial charge on any atom is 0.325 e. The Kier molecular flexibility index (Phi) is 9.64. The lowest BCUT2D eigenvalue weighted by Crippen LogP contribution is -2.52. The molecule has 2 atom stereocenters. The van der Waals surface area contributed by atoms with Gasteiger partial charge in [-0.3, -0.25) is 14.9 Å². The summed E-state index contributed by atoms with van der Waals surface area (Å²) in [6, 6.07) is 23.4. The maximum absolute atomic E-state index is 12.5. The van der Waals surface area contributed by atoms with Gasteiger partial charge in [0.1, 0.15) is 6.04 Å². The van der Waals surface area contributed by atoms with Crippen molar-refractivity contribution in [1.29, 1.82) is 0 Å². The Morgan fingerprint density at radius 1 is 0.912 bits per heavy atom. The van der Waals surface area contributed by atoms with E-state index in [-0.39, 0.29) is 13.2 Å². The van der Waals surface area contributed by atoms with Gasteiger partial charge in [0, 0.05) is 5.02 Å². The molecular weight excluding hydrogens is 452 g/mol. The number of nitrogens with two attached hydrogens (primary N) is 1. The average molecular weight is 481 g/mol. The monoisotopic (exact) mass is 480 g/mol. The van der Waals surface area contributed by atoms with Crippen LogP contribution in [0.5, 0.6) is 0 Å². The fourth-order valence-electron chi connectivity index (χ4n) is 3.52. The van der Waals surface area contributed by atoms with E-state index >= 15 is 0 Å². The summed E-state index contributed by atoms with van der Waals surface area (Å²) >= 11 is 6.09. The zero-order chi connectivity index (χ0) is 24.3. The highest BCUT2D eigenvalue weighted by Crippen LogP contribution is 2.23. The van der Waals surface area contributed by atoms with Crippen LogP contribution < -0.4 is 11.1 Å². The molecule has 0 fully saturated rings. The minimum Gasteiger partial charge on any atom is -0.465 e. The van der Waals surface area contributed by atoms with Gasteiger partial charge in [0.25, 0.3) is 0 Å². The van der Waals surface area contributed by atoms with E-state index in [0.717, 1.165) is 22.3 Å². The van der Waals surface area contributed by atoms with Gasteiger partial charge in [-0.25, -0.2) is 0 Å². The van der Waals surface area contributed by atoms with Crippen LogP contribution in [0.4, 0.5) is 0 Å². The van der Waals surface area contributed by atoms with E-state index in [9.17, 15) is 9.59 Å². The first kappa shape index (κ1) is 25.4. The summed E-state index contributed by atoms with van der Waals surface area (Å²) in [7, 11) is 0. The molecule has 0 saturated heterocycles. The molecule has 0 heterocycles. The fourth-order valence-corrected chi connectivity index (χ4v) is 3.71. The SMILES string of the molecule is CCOC(=O)[C@H](COCc1ccccc1)N[C@@H](Cc1ccc(-c2cccc(Cl)c2)cc1)C(N)=O. The Labute approximate surface area is 205 Å². The molecular formula is C27H29ClN2O4. The van der Waals surface area contributed by atoms with Crippen LogP contribution in [-0.4, -0.2) is 37.2 Å². The van der Waals surface area contributed by atoms with Gasteiger partial charge in [0.05, 0.1) is 25.9 Å². The Morgan fingerprint density at radius 2 is 1.65 bits per heavy atom. The molecule has 0 saturated carbocycles. The topological polar surface area (TPSA) is 90.7 Å². The number of nitrogens with one attached hydrogen (secondary N) is 1. The van der Waals surface area contributed by atoms with E-state index in [4.69, 9.17) is 26.8 Å². The van der Waals surface area contributed by atoms with Crippen LogP contribution in [-0.2, 0) is 32.1 Å². The number of carbonyl (C=O) groups excluding carboxylic acids is 2. The lowest BCUT2D eigenvalue weighted by atomic mass is 10.00. The predicted octanol–water partition coefficient (Wildman–Crippen LogP) is 4.14. The van der Waals surface area contributed by atoms with Gasteiger partial charge in [-0.1, -0.05) is 78.3 Å². The Balaban J connectivity index is 1.66. The van der Waals surface area contributed by atoms with Crippen molar-refractivity contribution in [2.24, 2.45) is 5.73 Å². The van der Waals surface area contributed by atoms with Crippen molar-refractivity contribution in [3.8, 4) is 11.1 Å². The number of hydrogen-bond donors (Lipinski definition) is 2. The van der Waals surface area contributed by atoms with E-state index in [1.54, 1.807) is 6.92 Å². The summed E-state index contributed by atoms with van der Waals surface area (Å²) in [4.78, 5) is 24.7. The zero-order valence-electron chi connectivity index (χ0n) is 19.1. The molecule has 0 aromatic heterocycles. The van der Waals surface area contributed by atoms with Crippen molar-refractivity contribution in [2.45, 2.75) is 32.0 Å². The third-order valence-electron chi connectivity index (χ3n) is 5.26. The second-order valence-corrected chi connectivity index (χ2v) is 8.27. The number of esters is 1. The molecule has 6 nitrogen and oxygen atoms in total. The summed E-state index contributed by atoms with van der Waals surface area (Å²) in [5.41, 5.74) is 9.55. The van der Waals surface area contributed by atoms with Gasteiger partial charge in [0.15, 0.2) is 0 Å². The van der Waals surface area contributed by atoms with Crippen LogP contribution in [0.3, 0.4) is 0 Å². The molecule has 178 valence electrons. The van der Waals surface area contributed by atoms with E-state index < -0.39 is 24.0 Å². The van der Waals surface area contributed by atoms with Gasteiger partial charge in [-0.15, -0.1) is 0 Å². The van der Waals surface area contributed by atoms with E-state index in [0.29, 0.717) is 18.1 Å². The second-order valence-electron chi connectivity index (χ2n) is 7.84. The highest BCUT2D eigenvalue weighted by atomic mass is 35.5. The third kappa shape index (κ3) is 7.70. The smallest absolute Gasteiger partial charge is 0.325 e. The molecule has 0 aliphatic carbocycles. The van der Waals surface area contributed by atoms with Crippen molar-refractivity contribution in [2.75, 3.05) is 13.2 Å². The highest BCUT2D eigenvalue weighted by molar-refractivity contribution is 6.30. The highest BCUT2D eigenvalue weighted by Gasteiger charge is 2.26. The van der Waals surface area contributed by atoms with Crippen LogP contribution in [0.2, 0.25) is 5.02 Å². The van der Waals surface area contributed by atoms with Crippen molar-refractivity contribution < 1.29 is 19.1 Å². The van der Waals surface area contributed by atoms with Gasteiger partial charge < -0.3 is 15.2 Å². The second kappa shape index (κ2) is 12.9. The van der Waals surface area contributed by atoms with Crippen LogP contribution in [0.15, 0.2) is 78.9 Å². The normalized spacial score (nSPS) is 12.6. The summed E-state index contributed by atoms with van der Waals surface area (Å²) < 4.78 is 10.9. The number of ether oxygens (including phenoxy) is 2. The standard InChI is InChI=1S/C27H29ClN2O4/c1-2-34-27(32)25(18-33-17-20-7-4-3-5-8-20)30-24(26(29)31)15-19-11-13-21(14-12-19)22-9-6-10-23(28)16-22/h3-14,16,24-25,30H,2,15,17-18H2,1H3,(H2,29,31)/t24-,25-/m0/s1. The molecule has 0 spiro atoms. The summed E-state index contributed by atoms with van der Waals surface area (Å²) in [5.74, 6) is -1.05. The lowest BCUT2D eigenvalue weighted by Gasteiger charge is -2.23. The minimum absolute atomic E-state index is 0.0468. The summed E-state index contributed by atoms with van der Waals surface area (Å²) in [5, 5.41) is 3.70. The molecule has 3 rings (SSSR count). The van der Waals surface area contributed by atoms with Crippen LogP contribution >= 0.6 is 11.6 Å². The molecule has 7 heteroatoms.